The fraction of sp³-hybridized carbons (Fsp3) is 0.154. The Balaban J connectivity index is 2.21. The first-order valence-corrected chi connectivity index (χ1v) is 5.70. The molecule has 18 heavy (non-hydrogen) atoms. The molecule has 0 aliphatic rings. The lowest BCUT2D eigenvalue weighted by molar-refractivity contribution is 0.0982. The number of carbonyl (C=O) groups excluding carboxylic acids is 1. The van der Waals surface area contributed by atoms with E-state index in [2.05, 4.69) is 9.97 Å². The number of benzene rings is 1. The van der Waals surface area contributed by atoms with Gasteiger partial charge in [0.15, 0.2) is 5.82 Å². The van der Waals surface area contributed by atoms with E-state index in [1.54, 1.807) is 18.5 Å². The molecule has 0 N–H and O–H groups in total. The second-order valence-electron chi connectivity index (χ2n) is 3.90. The van der Waals surface area contributed by atoms with Crippen molar-refractivity contribution in [3.8, 4) is 0 Å². The van der Waals surface area contributed by atoms with Gasteiger partial charge in [-0.2, -0.15) is 0 Å². The average molecular weight is 265 g/mol. The van der Waals surface area contributed by atoms with Crippen molar-refractivity contribution < 1.29 is 9.18 Å². The van der Waals surface area contributed by atoms with Crippen molar-refractivity contribution >= 4 is 17.4 Å². The van der Waals surface area contributed by atoms with E-state index in [-0.39, 0.29) is 28.6 Å². The molecule has 0 aliphatic carbocycles. The van der Waals surface area contributed by atoms with Gasteiger partial charge in [-0.25, -0.2) is 14.4 Å². The quantitative estimate of drug-likeness (QED) is 0.801. The van der Waals surface area contributed by atoms with Crippen LogP contribution in [0.4, 0.5) is 4.39 Å². The summed E-state index contributed by atoms with van der Waals surface area (Å²) in [5.41, 5.74) is 1.11. The highest BCUT2D eigenvalue weighted by molar-refractivity contribution is 6.30. The predicted molar refractivity (Wildman–Crippen MR) is 66.2 cm³/mol. The SMILES string of the molecule is Cc1cnc(C(=O)Cc2cccc(Cl)c2F)nc1. The van der Waals surface area contributed by atoms with Crippen molar-refractivity contribution in [3.63, 3.8) is 0 Å². The third-order valence-corrected chi connectivity index (χ3v) is 2.70. The molecule has 0 amide bonds. The van der Waals surface area contributed by atoms with Crippen LogP contribution in [0.15, 0.2) is 30.6 Å². The van der Waals surface area contributed by atoms with E-state index in [9.17, 15) is 9.18 Å². The van der Waals surface area contributed by atoms with Crippen molar-refractivity contribution in [3.05, 3.63) is 58.4 Å². The zero-order valence-electron chi connectivity index (χ0n) is 9.65. The van der Waals surface area contributed by atoms with Crippen LogP contribution in [0.25, 0.3) is 0 Å². The molecule has 0 radical (unpaired) electrons. The van der Waals surface area contributed by atoms with Gasteiger partial charge in [0.2, 0.25) is 5.78 Å². The van der Waals surface area contributed by atoms with E-state index < -0.39 is 5.82 Å². The van der Waals surface area contributed by atoms with Crippen LogP contribution in [-0.4, -0.2) is 15.8 Å². The molecule has 2 rings (SSSR count). The molecule has 0 saturated heterocycles. The Labute approximate surface area is 109 Å². The maximum Gasteiger partial charge on any atom is 0.204 e. The standard InChI is InChI=1S/C13H10ClFN2O/c1-8-6-16-13(17-7-8)11(18)5-9-3-2-4-10(14)12(9)15/h2-4,6-7H,5H2,1H3. The zero-order valence-corrected chi connectivity index (χ0v) is 10.4. The minimum absolute atomic E-state index is 0.00474. The molecular weight excluding hydrogens is 255 g/mol. The lowest BCUT2D eigenvalue weighted by Gasteiger charge is -2.03. The van der Waals surface area contributed by atoms with Gasteiger partial charge in [0.1, 0.15) is 5.82 Å². The molecule has 1 heterocycles. The number of nitrogens with zero attached hydrogens (tertiary/aromatic N) is 2. The Morgan fingerprint density at radius 2 is 2.00 bits per heavy atom. The first-order chi connectivity index (χ1) is 8.58. The predicted octanol–water partition coefficient (Wildman–Crippen LogP) is 3.00. The summed E-state index contributed by atoms with van der Waals surface area (Å²) in [4.78, 5) is 19.7. The number of aromatic nitrogens is 2. The number of rotatable bonds is 3. The van der Waals surface area contributed by atoms with Gasteiger partial charge in [-0.05, 0) is 24.1 Å². The van der Waals surface area contributed by atoms with Crippen molar-refractivity contribution in [2.45, 2.75) is 13.3 Å². The molecule has 1 aromatic carbocycles. The number of ketones is 1. The highest BCUT2D eigenvalue weighted by Crippen LogP contribution is 2.18. The van der Waals surface area contributed by atoms with Crippen LogP contribution >= 0.6 is 11.6 Å². The normalized spacial score (nSPS) is 10.4. The molecular formula is C13H10ClFN2O. The Hall–Kier alpha value is -1.81. The molecule has 0 unspecified atom stereocenters. The second-order valence-corrected chi connectivity index (χ2v) is 4.30. The Kier molecular flexibility index (Phi) is 3.67. The van der Waals surface area contributed by atoms with Crippen LogP contribution in [0.5, 0.6) is 0 Å². The maximum absolute atomic E-state index is 13.6. The van der Waals surface area contributed by atoms with Gasteiger partial charge in [-0.1, -0.05) is 23.7 Å². The summed E-state index contributed by atoms with van der Waals surface area (Å²) in [6, 6.07) is 4.56. The highest BCUT2D eigenvalue weighted by Gasteiger charge is 2.14. The van der Waals surface area contributed by atoms with E-state index in [1.165, 1.54) is 12.1 Å². The fourth-order valence-corrected chi connectivity index (χ4v) is 1.67. The number of aryl methyl sites for hydroxylation is 1. The highest BCUT2D eigenvalue weighted by atomic mass is 35.5. The van der Waals surface area contributed by atoms with Gasteiger partial charge in [0.05, 0.1) is 5.02 Å². The first kappa shape index (κ1) is 12.6. The van der Waals surface area contributed by atoms with Gasteiger partial charge < -0.3 is 0 Å². The molecule has 0 saturated carbocycles. The topological polar surface area (TPSA) is 42.9 Å². The smallest absolute Gasteiger partial charge is 0.204 e. The van der Waals surface area contributed by atoms with Crippen LogP contribution in [-0.2, 0) is 6.42 Å². The average Bonchev–Trinajstić information content (AvgIpc) is 2.36. The van der Waals surface area contributed by atoms with Crippen molar-refractivity contribution in [2.24, 2.45) is 0 Å². The molecule has 3 nitrogen and oxygen atoms in total. The molecule has 92 valence electrons. The Bertz CT molecular complexity index is 584. The number of hydrogen-bond acceptors (Lipinski definition) is 3. The summed E-state index contributed by atoms with van der Waals surface area (Å²) < 4.78 is 13.6. The largest absolute Gasteiger partial charge is 0.290 e. The summed E-state index contributed by atoms with van der Waals surface area (Å²) in [5, 5.41) is 0.00474. The number of halogens is 2. The minimum atomic E-state index is -0.570. The molecule has 0 spiro atoms. The lowest BCUT2D eigenvalue weighted by Crippen LogP contribution is -2.09. The first-order valence-electron chi connectivity index (χ1n) is 5.32. The van der Waals surface area contributed by atoms with E-state index in [0.29, 0.717) is 0 Å². The number of carbonyl (C=O) groups is 1. The summed E-state index contributed by atoms with van der Waals surface area (Å²) in [7, 11) is 0. The van der Waals surface area contributed by atoms with Crippen LogP contribution in [0.1, 0.15) is 21.7 Å². The summed E-state index contributed by atoms with van der Waals surface area (Å²) >= 11 is 5.65. The van der Waals surface area contributed by atoms with Gasteiger partial charge in [0, 0.05) is 18.8 Å². The van der Waals surface area contributed by atoms with Gasteiger partial charge >= 0.3 is 0 Å². The molecule has 1 aromatic heterocycles. The lowest BCUT2D eigenvalue weighted by atomic mass is 10.1. The Morgan fingerprint density at radius 3 is 2.67 bits per heavy atom. The van der Waals surface area contributed by atoms with Crippen molar-refractivity contribution in [2.75, 3.05) is 0 Å². The van der Waals surface area contributed by atoms with Crippen LogP contribution in [0.2, 0.25) is 5.02 Å². The van der Waals surface area contributed by atoms with E-state index in [1.807, 2.05) is 6.92 Å². The van der Waals surface area contributed by atoms with Crippen LogP contribution < -0.4 is 0 Å². The van der Waals surface area contributed by atoms with Gasteiger partial charge in [0.25, 0.3) is 0 Å². The van der Waals surface area contributed by atoms with Crippen molar-refractivity contribution in [1.82, 2.24) is 9.97 Å². The number of hydrogen-bond donors (Lipinski definition) is 0. The van der Waals surface area contributed by atoms with Gasteiger partial charge in [-0.3, -0.25) is 4.79 Å². The third kappa shape index (κ3) is 2.71. The van der Waals surface area contributed by atoms with E-state index in [0.717, 1.165) is 5.56 Å². The second kappa shape index (κ2) is 5.23. The number of Topliss-reactive ketones (excluding diaryl/α,β-unsaturated/α-hetero) is 1. The molecule has 0 atom stereocenters. The molecule has 2 aromatic rings. The van der Waals surface area contributed by atoms with E-state index in [4.69, 9.17) is 11.6 Å². The minimum Gasteiger partial charge on any atom is -0.290 e. The fourth-order valence-electron chi connectivity index (χ4n) is 1.47. The summed E-state index contributed by atoms with van der Waals surface area (Å²) in [5.74, 6) is -0.823. The van der Waals surface area contributed by atoms with Crippen molar-refractivity contribution in [1.29, 1.82) is 0 Å². The molecule has 0 fully saturated rings. The maximum atomic E-state index is 13.6. The summed E-state index contributed by atoms with van der Waals surface area (Å²) in [6.45, 7) is 1.82. The molecule has 5 heteroatoms. The zero-order chi connectivity index (χ0) is 13.1. The molecule has 0 bridgehead atoms. The summed E-state index contributed by atoms with van der Waals surface area (Å²) in [6.07, 6.45) is 3.00. The monoisotopic (exact) mass is 264 g/mol. The molecule has 0 aliphatic heterocycles. The Morgan fingerprint density at radius 1 is 1.33 bits per heavy atom. The van der Waals surface area contributed by atoms with Crippen LogP contribution in [0.3, 0.4) is 0 Å². The van der Waals surface area contributed by atoms with E-state index >= 15 is 0 Å². The van der Waals surface area contributed by atoms with Crippen LogP contribution in [0, 0.1) is 12.7 Å². The third-order valence-electron chi connectivity index (χ3n) is 2.41. The van der Waals surface area contributed by atoms with Gasteiger partial charge in [-0.15, -0.1) is 0 Å².